The molecule has 0 aromatic carbocycles. The monoisotopic (exact) mass is 526 g/mol. The fourth-order valence-electron chi connectivity index (χ4n) is 2.41. The van der Waals surface area contributed by atoms with Crippen LogP contribution in [0.5, 0.6) is 0 Å². The first-order valence-corrected chi connectivity index (χ1v) is 12.9. The van der Waals surface area contributed by atoms with Gasteiger partial charge < -0.3 is 52.1 Å². The maximum absolute atomic E-state index is 5.45. The molecule has 0 aliphatic carbocycles. The van der Waals surface area contributed by atoms with Crippen molar-refractivity contribution in [2.75, 3.05) is 145 Å². The highest BCUT2D eigenvalue weighted by atomic mass is 16.6. The average Bonchev–Trinajstić information content (AvgIpc) is 2.89. The quantitative estimate of drug-likeness (QED) is 0.0915. The van der Waals surface area contributed by atoms with E-state index in [-0.39, 0.29) is 0 Å². The Morgan fingerprint density at radius 1 is 0.333 bits per heavy atom. The Kier molecular flexibility index (Phi) is 33.6. The van der Waals surface area contributed by atoms with Crippen LogP contribution in [0, 0.1) is 0 Å². The van der Waals surface area contributed by atoms with Crippen LogP contribution in [0.2, 0.25) is 0 Å². The molecule has 0 radical (unpaired) electrons. The summed E-state index contributed by atoms with van der Waals surface area (Å²) in [7, 11) is 0. The van der Waals surface area contributed by atoms with Crippen LogP contribution in [0.1, 0.15) is 6.92 Å². The molecule has 216 valence electrons. The summed E-state index contributed by atoms with van der Waals surface area (Å²) < 4.78 is 59.1. The van der Waals surface area contributed by atoms with Crippen LogP contribution >= 0.6 is 0 Å². The van der Waals surface area contributed by atoms with Gasteiger partial charge in [0.15, 0.2) is 0 Å². The van der Waals surface area contributed by atoms with E-state index < -0.39 is 0 Å². The second-order valence-corrected chi connectivity index (χ2v) is 7.07. The van der Waals surface area contributed by atoms with Gasteiger partial charge in [-0.1, -0.05) is 6.08 Å². The lowest BCUT2D eigenvalue weighted by Crippen LogP contribution is -2.15. The van der Waals surface area contributed by atoms with Crippen molar-refractivity contribution in [3.8, 4) is 0 Å². The molecule has 0 aromatic heterocycles. The van der Waals surface area contributed by atoms with Crippen molar-refractivity contribution in [2.45, 2.75) is 6.92 Å². The number of ether oxygens (including phenoxy) is 11. The molecule has 0 bridgehead atoms. The molecule has 0 heterocycles. The van der Waals surface area contributed by atoms with Gasteiger partial charge in [-0.25, -0.2) is 0 Å². The third-order valence-corrected chi connectivity index (χ3v) is 4.16. The number of hydrogen-bond acceptors (Lipinski definition) is 11. The first-order chi connectivity index (χ1) is 17.9. The highest BCUT2D eigenvalue weighted by molar-refractivity contribution is 4.63. The molecule has 0 amide bonds. The third-order valence-electron chi connectivity index (χ3n) is 4.16. The predicted molar refractivity (Wildman–Crippen MR) is 135 cm³/mol. The largest absolute Gasteiger partial charge is 0.379 e. The lowest BCUT2D eigenvalue weighted by molar-refractivity contribution is -0.0271. The van der Waals surface area contributed by atoms with E-state index in [2.05, 4.69) is 6.58 Å². The summed E-state index contributed by atoms with van der Waals surface area (Å²) in [5.74, 6) is 0. The second kappa shape index (κ2) is 34.3. The molecular weight excluding hydrogens is 476 g/mol. The summed E-state index contributed by atoms with van der Waals surface area (Å²) >= 11 is 0. The Morgan fingerprint density at radius 3 is 0.722 bits per heavy atom. The van der Waals surface area contributed by atoms with Crippen molar-refractivity contribution in [1.29, 1.82) is 0 Å². The van der Waals surface area contributed by atoms with Gasteiger partial charge in [-0.05, 0) is 6.92 Å². The summed E-state index contributed by atoms with van der Waals surface area (Å²) in [4.78, 5) is 0. The maximum Gasteiger partial charge on any atom is 0.0704 e. The van der Waals surface area contributed by atoms with E-state index in [0.29, 0.717) is 145 Å². The number of rotatable bonds is 33. The first-order valence-electron chi connectivity index (χ1n) is 12.9. The maximum atomic E-state index is 5.45. The fourth-order valence-corrected chi connectivity index (χ4v) is 2.41. The zero-order valence-corrected chi connectivity index (χ0v) is 22.3. The normalized spacial score (nSPS) is 11.4. The van der Waals surface area contributed by atoms with Crippen molar-refractivity contribution in [3.63, 3.8) is 0 Å². The smallest absolute Gasteiger partial charge is 0.0704 e. The van der Waals surface area contributed by atoms with Crippen molar-refractivity contribution >= 4 is 0 Å². The van der Waals surface area contributed by atoms with E-state index in [1.807, 2.05) is 6.92 Å². The minimum atomic E-state index is 0.522. The minimum Gasteiger partial charge on any atom is -0.379 e. The Bertz CT molecular complexity index is 402. The van der Waals surface area contributed by atoms with Gasteiger partial charge in [-0.3, -0.25) is 0 Å². The lowest BCUT2D eigenvalue weighted by Gasteiger charge is -2.09. The highest BCUT2D eigenvalue weighted by Gasteiger charge is 1.96. The summed E-state index contributed by atoms with van der Waals surface area (Å²) in [6, 6.07) is 0. The zero-order chi connectivity index (χ0) is 26.0. The van der Waals surface area contributed by atoms with E-state index in [1.165, 1.54) is 0 Å². The molecule has 0 unspecified atom stereocenters. The van der Waals surface area contributed by atoms with Gasteiger partial charge >= 0.3 is 0 Å². The SMILES string of the molecule is C=CCOCCOCCOCCOCCOCCOCCOCCOCCOCCOCCOCC. The molecule has 11 heteroatoms. The van der Waals surface area contributed by atoms with Crippen LogP contribution in [0.25, 0.3) is 0 Å². The summed E-state index contributed by atoms with van der Waals surface area (Å²) in [5, 5.41) is 0. The van der Waals surface area contributed by atoms with Crippen LogP contribution in [-0.2, 0) is 52.1 Å². The van der Waals surface area contributed by atoms with Crippen LogP contribution in [0.3, 0.4) is 0 Å². The van der Waals surface area contributed by atoms with E-state index in [4.69, 9.17) is 52.1 Å². The van der Waals surface area contributed by atoms with Gasteiger partial charge in [0, 0.05) is 6.61 Å². The van der Waals surface area contributed by atoms with Crippen molar-refractivity contribution in [2.24, 2.45) is 0 Å². The Hall–Kier alpha value is -0.700. The molecular formula is C25H50O11. The van der Waals surface area contributed by atoms with E-state index in [9.17, 15) is 0 Å². The molecule has 0 N–H and O–H groups in total. The van der Waals surface area contributed by atoms with Gasteiger partial charge in [0.1, 0.15) is 0 Å². The van der Waals surface area contributed by atoms with Crippen molar-refractivity contribution < 1.29 is 52.1 Å². The molecule has 0 saturated heterocycles. The molecule has 0 saturated carbocycles. The summed E-state index contributed by atoms with van der Waals surface area (Å²) in [5.41, 5.74) is 0. The molecule has 0 spiro atoms. The zero-order valence-electron chi connectivity index (χ0n) is 22.3. The van der Waals surface area contributed by atoms with Gasteiger partial charge in [-0.15, -0.1) is 6.58 Å². The van der Waals surface area contributed by atoms with Gasteiger partial charge in [0.25, 0.3) is 0 Å². The topological polar surface area (TPSA) is 102 Å². The fraction of sp³-hybridized carbons (Fsp3) is 0.920. The predicted octanol–water partition coefficient (Wildman–Crippen LogP) is 1.37. The highest BCUT2D eigenvalue weighted by Crippen LogP contribution is 1.87. The number of hydrogen-bond donors (Lipinski definition) is 0. The van der Waals surface area contributed by atoms with Crippen molar-refractivity contribution in [3.05, 3.63) is 12.7 Å². The molecule has 0 rings (SSSR count). The van der Waals surface area contributed by atoms with E-state index >= 15 is 0 Å². The van der Waals surface area contributed by atoms with Gasteiger partial charge in [0.2, 0.25) is 0 Å². The molecule has 11 nitrogen and oxygen atoms in total. The second-order valence-electron chi connectivity index (χ2n) is 7.07. The average molecular weight is 527 g/mol. The van der Waals surface area contributed by atoms with Crippen LogP contribution < -0.4 is 0 Å². The standard InChI is InChI=1S/C25H50O11/c1-3-5-27-8-9-29-12-13-31-16-17-33-20-21-35-24-25-36-23-22-34-19-18-32-15-14-30-11-10-28-7-6-26-4-2/h3H,1,4-25H2,2H3. The van der Waals surface area contributed by atoms with Crippen LogP contribution in [0.15, 0.2) is 12.7 Å². The van der Waals surface area contributed by atoms with Gasteiger partial charge in [0.05, 0.1) is 139 Å². The summed E-state index contributed by atoms with van der Waals surface area (Å²) in [6.07, 6.45) is 1.71. The molecule has 36 heavy (non-hydrogen) atoms. The van der Waals surface area contributed by atoms with Crippen molar-refractivity contribution in [1.82, 2.24) is 0 Å². The van der Waals surface area contributed by atoms with E-state index in [0.717, 1.165) is 0 Å². The van der Waals surface area contributed by atoms with Gasteiger partial charge in [-0.2, -0.15) is 0 Å². The lowest BCUT2D eigenvalue weighted by atomic mass is 10.6. The summed E-state index contributed by atoms with van der Waals surface area (Å²) in [6.45, 7) is 17.7. The Balaban J connectivity index is 3.00. The Labute approximate surface area is 217 Å². The molecule has 0 aliphatic rings. The molecule has 0 aliphatic heterocycles. The molecule has 0 aromatic rings. The van der Waals surface area contributed by atoms with Crippen LogP contribution in [0.4, 0.5) is 0 Å². The van der Waals surface area contributed by atoms with E-state index in [1.54, 1.807) is 6.08 Å². The molecule has 0 atom stereocenters. The molecule has 0 fully saturated rings. The first kappa shape index (κ1) is 35.3. The third kappa shape index (κ3) is 33.3. The minimum absolute atomic E-state index is 0.522. The Morgan fingerprint density at radius 2 is 0.528 bits per heavy atom. The van der Waals surface area contributed by atoms with Crippen LogP contribution in [-0.4, -0.2) is 145 Å².